The molecular weight excluding hydrogens is 260 g/mol. The predicted octanol–water partition coefficient (Wildman–Crippen LogP) is 3.24. The summed E-state index contributed by atoms with van der Waals surface area (Å²) in [5, 5.41) is 4.13. The summed E-state index contributed by atoms with van der Waals surface area (Å²) < 4.78 is 0. The van der Waals surface area contributed by atoms with E-state index in [1.54, 1.807) is 0 Å². The largest absolute Gasteiger partial charge is 0.361 e. The van der Waals surface area contributed by atoms with Crippen molar-refractivity contribution in [3.8, 4) is 0 Å². The average Bonchev–Trinajstić information content (AvgIpc) is 2.96. The van der Waals surface area contributed by atoms with Gasteiger partial charge in [0.1, 0.15) is 0 Å². The van der Waals surface area contributed by atoms with E-state index < -0.39 is 0 Å². The van der Waals surface area contributed by atoms with Gasteiger partial charge in [0.25, 0.3) is 5.91 Å². The predicted molar refractivity (Wildman–Crippen MR) is 83.5 cm³/mol. The maximum absolute atomic E-state index is 12.4. The molecule has 1 aliphatic rings. The Labute approximate surface area is 123 Å². The first-order valence-electron chi connectivity index (χ1n) is 7.25. The minimum atomic E-state index is -0.00701. The van der Waals surface area contributed by atoms with Gasteiger partial charge in [0.2, 0.25) is 0 Å². The summed E-state index contributed by atoms with van der Waals surface area (Å²) in [6.07, 6.45) is 2.92. The Kier molecular flexibility index (Phi) is 2.78. The van der Waals surface area contributed by atoms with E-state index in [1.807, 2.05) is 30.5 Å². The van der Waals surface area contributed by atoms with Crippen LogP contribution in [0, 0.1) is 0 Å². The van der Waals surface area contributed by atoms with E-state index in [0.29, 0.717) is 18.0 Å². The summed E-state index contributed by atoms with van der Waals surface area (Å²) in [5.41, 5.74) is 4.40. The molecule has 21 heavy (non-hydrogen) atoms. The highest BCUT2D eigenvalue weighted by atomic mass is 16.1. The molecule has 3 aromatic rings. The van der Waals surface area contributed by atoms with Gasteiger partial charge in [-0.2, -0.15) is 0 Å². The third-order valence-electron chi connectivity index (χ3n) is 4.30. The van der Waals surface area contributed by atoms with E-state index in [1.165, 1.54) is 11.1 Å². The first kappa shape index (κ1) is 12.2. The highest BCUT2D eigenvalue weighted by molar-refractivity contribution is 6.05. The van der Waals surface area contributed by atoms with Crippen molar-refractivity contribution in [2.45, 2.75) is 12.3 Å². The zero-order valence-corrected chi connectivity index (χ0v) is 11.6. The average molecular weight is 276 g/mol. The summed E-state index contributed by atoms with van der Waals surface area (Å²) in [5.74, 6) is 0.445. The minimum absolute atomic E-state index is 0.00701. The van der Waals surface area contributed by atoms with Crippen LogP contribution in [0.1, 0.15) is 27.4 Å². The number of benzene rings is 2. The van der Waals surface area contributed by atoms with Gasteiger partial charge in [0.15, 0.2) is 0 Å². The third-order valence-corrected chi connectivity index (χ3v) is 4.30. The van der Waals surface area contributed by atoms with Crippen molar-refractivity contribution in [3.05, 3.63) is 71.4 Å². The quantitative estimate of drug-likeness (QED) is 0.758. The zero-order valence-electron chi connectivity index (χ0n) is 11.6. The van der Waals surface area contributed by atoms with Crippen LogP contribution in [0.5, 0.6) is 0 Å². The first-order chi connectivity index (χ1) is 10.3. The van der Waals surface area contributed by atoms with Gasteiger partial charge in [-0.1, -0.05) is 36.4 Å². The molecule has 3 heteroatoms. The van der Waals surface area contributed by atoms with Crippen LogP contribution in [-0.2, 0) is 6.42 Å². The van der Waals surface area contributed by atoms with Crippen molar-refractivity contribution < 1.29 is 4.79 Å². The summed E-state index contributed by atoms with van der Waals surface area (Å²) >= 11 is 0. The highest BCUT2D eigenvalue weighted by Crippen LogP contribution is 2.34. The van der Waals surface area contributed by atoms with Gasteiger partial charge < -0.3 is 10.3 Å². The lowest BCUT2D eigenvalue weighted by atomic mass is 9.77. The Hall–Kier alpha value is -2.55. The lowest BCUT2D eigenvalue weighted by Crippen LogP contribution is -2.33. The van der Waals surface area contributed by atoms with Crippen molar-refractivity contribution in [3.63, 3.8) is 0 Å². The Bertz CT molecular complexity index is 819. The van der Waals surface area contributed by atoms with Gasteiger partial charge in [0.05, 0.1) is 11.1 Å². The number of fused-ring (bicyclic) bond motifs is 2. The minimum Gasteiger partial charge on any atom is -0.361 e. The third kappa shape index (κ3) is 2.02. The number of H-pyrrole nitrogens is 1. The van der Waals surface area contributed by atoms with Gasteiger partial charge >= 0.3 is 0 Å². The highest BCUT2D eigenvalue weighted by Gasteiger charge is 2.25. The molecule has 1 aromatic heterocycles. The molecule has 3 nitrogen and oxygen atoms in total. The summed E-state index contributed by atoms with van der Waals surface area (Å²) in [7, 11) is 0. The maximum Gasteiger partial charge on any atom is 0.253 e. The SMILES string of the molecule is O=C(NCC1Cc2ccccc21)c1cccc2cc[nH]c12. The molecule has 0 aliphatic heterocycles. The van der Waals surface area contributed by atoms with Crippen molar-refractivity contribution in [2.75, 3.05) is 6.54 Å². The summed E-state index contributed by atoms with van der Waals surface area (Å²) in [6.45, 7) is 0.701. The standard InChI is InChI=1S/C18H16N2O/c21-18(16-7-3-5-12-8-9-19-17(12)16)20-11-14-10-13-4-1-2-6-15(13)14/h1-9,14,19H,10-11H2,(H,20,21). The van der Waals surface area contributed by atoms with Crippen LogP contribution in [0.15, 0.2) is 54.7 Å². The summed E-state index contributed by atoms with van der Waals surface area (Å²) in [6, 6.07) is 16.2. The molecule has 1 amide bonds. The molecular formula is C18H16N2O. The van der Waals surface area contributed by atoms with Crippen LogP contribution in [0.2, 0.25) is 0 Å². The number of hydrogen-bond donors (Lipinski definition) is 2. The lowest BCUT2D eigenvalue weighted by molar-refractivity contribution is 0.0951. The number of amides is 1. The van der Waals surface area contributed by atoms with Crippen molar-refractivity contribution in [1.29, 1.82) is 0 Å². The van der Waals surface area contributed by atoms with Gasteiger partial charge in [-0.05, 0) is 29.7 Å². The molecule has 1 heterocycles. The maximum atomic E-state index is 12.4. The fraction of sp³-hybridized carbons (Fsp3) is 0.167. The number of aromatic amines is 1. The van der Waals surface area contributed by atoms with Gasteiger partial charge in [-0.3, -0.25) is 4.79 Å². The Balaban J connectivity index is 1.49. The first-order valence-corrected chi connectivity index (χ1v) is 7.25. The molecule has 2 N–H and O–H groups in total. The molecule has 4 rings (SSSR count). The normalized spacial score (nSPS) is 16.3. The van der Waals surface area contributed by atoms with Crippen LogP contribution in [0.3, 0.4) is 0 Å². The fourth-order valence-corrected chi connectivity index (χ4v) is 3.13. The van der Waals surface area contributed by atoms with Crippen LogP contribution >= 0.6 is 0 Å². The van der Waals surface area contributed by atoms with Crippen LogP contribution in [-0.4, -0.2) is 17.4 Å². The van der Waals surface area contributed by atoms with Gasteiger partial charge in [0, 0.05) is 24.0 Å². The summed E-state index contributed by atoms with van der Waals surface area (Å²) in [4.78, 5) is 15.5. The van der Waals surface area contributed by atoms with Crippen molar-refractivity contribution >= 4 is 16.8 Å². The van der Waals surface area contributed by atoms with Gasteiger partial charge in [-0.15, -0.1) is 0 Å². The zero-order chi connectivity index (χ0) is 14.2. The number of carbonyl (C=O) groups excluding carboxylic acids is 1. The van der Waals surface area contributed by atoms with Gasteiger partial charge in [-0.25, -0.2) is 0 Å². The van der Waals surface area contributed by atoms with E-state index in [4.69, 9.17) is 0 Å². The molecule has 0 spiro atoms. The molecule has 2 aromatic carbocycles. The molecule has 104 valence electrons. The molecule has 1 unspecified atom stereocenters. The number of aromatic nitrogens is 1. The molecule has 0 bridgehead atoms. The molecule has 0 radical (unpaired) electrons. The number of hydrogen-bond acceptors (Lipinski definition) is 1. The van der Waals surface area contributed by atoms with Crippen LogP contribution < -0.4 is 5.32 Å². The number of rotatable bonds is 3. The fourth-order valence-electron chi connectivity index (χ4n) is 3.13. The van der Waals surface area contributed by atoms with E-state index >= 15 is 0 Å². The molecule has 1 atom stereocenters. The van der Waals surface area contributed by atoms with Crippen LogP contribution in [0.25, 0.3) is 10.9 Å². The van der Waals surface area contributed by atoms with E-state index in [9.17, 15) is 4.79 Å². The Morgan fingerprint density at radius 1 is 1.14 bits per heavy atom. The number of para-hydroxylation sites is 1. The number of carbonyl (C=O) groups is 1. The Morgan fingerprint density at radius 3 is 2.95 bits per heavy atom. The molecule has 1 aliphatic carbocycles. The van der Waals surface area contributed by atoms with Crippen LogP contribution in [0.4, 0.5) is 0 Å². The van der Waals surface area contributed by atoms with E-state index in [2.05, 4.69) is 34.6 Å². The Morgan fingerprint density at radius 2 is 2.05 bits per heavy atom. The monoisotopic (exact) mass is 276 g/mol. The van der Waals surface area contributed by atoms with Crippen molar-refractivity contribution in [2.24, 2.45) is 0 Å². The second kappa shape index (κ2) is 4.77. The smallest absolute Gasteiger partial charge is 0.253 e. The number of nitrogens with one attached hydrogen (secondary N) is 2. The lowest BCUT2D eigenvalue weighted by Gasteiger charge is -2.30. The molecule has 0 saturated carbocycles. The van der Waals surface area contributed by atoms with E-state index in [0.717, 1.165) is 17.3 Å². The molecule has 0 fully saturated rings. The molecule has 0 saturated heterocycles. The second-order valence-corrected chi connectivity index (χ2v) is 5.56. The van der Waals surface area contributed by atoms with E-state index in [-0.39, 0.29) is 5.91 Å². The van der Waals surface area contributed by atoms with Crippen molar-refractivity contribution in [1.82, 2.24) is 10.3 Å². The second-order valence-electron chi connectivity index (χ2n) is 5.56. The topological polar surface area (TPSA) is 44.9 Å².